The number of rotatable bonds is 6. The Balaban J connectivity index is 2.69. The van der Waals surface area contributed by atoms with E-state index in [0.717, 1.165) is 12.0 Å². The molecule has 1 atom stereocenters. The summed E-state index contributed by atoms with van der Waals surface area (Å²) < 4.78 is 0. The van der Waals surface area contributed by atoms with Crippen LogP contribution in [0.25, 0.3) is 0 Å². The summed E-state index contributed by atoms with van der Waals surface area (Å²) in [4.78, 5) is 0. The zero-order chi connectivity index (χ0) is 11.3. The van der Waals surface area contributed by atoms with Crippen LogP contribution in [0.2, 0.25) is 0 Å². The first-order chi connectivity index (χ1) is 7.14. The van der Waals surface area contributed by atoms with Crippen molar-refractivity contribution in [3.63, 3.8) is 0 Å². The van der Waals surface area contributed by atoms with Gasteiger partial charge in [0.25, 0.3) is 0 Å². The number of hydrogen-bond acceptors (Lipinski definition) is 1. The molecule has 0 amide bonds. The minimum absolute atomic E-state index is 0.624. The lowest BCUT2D eigenvalue weighted by molar-refractivity contribution is 0.153. The van der Waals surface area contributed by atoms with E-state index in [9.17, 15) is 0 Å². The molecule has 0 aliphatic heterocycles. The first-order valence-electron chi connectivity index (χ1n) is 6.82. The smallest absolute Gasteiger partial charge is 0.0120 e. The molecular weight excluding hydrogens is 182 g/mol. The SMILES string of the molecule is CCCC(NC)C1(CC(C)C)CCCC1. The summed E-state index contributed by atoms with van der Waals surface area (Å²) >= 11 is 0. The minimum Gasteiger partial charge on any atom is -0.316 e. The van der Waals surface area contributed by atoms with Gasteiger partial charge in [0, 0.05) is 6.04 Å². The third-order valence-corrected chi connectivity index (χ3v) is 4.08. The second-order valence-corrected chi connectivity index (χ2v) is 5.80. The van der Waals surface area contributed by atoms with Gasteiger partial charge in [-0.15, -0.1) is 0 Å². The molecule has 90 valence electrons. The summed E-state index contributed by atoms with van der Waals surface area (Å²) in [5.74, 6) is 0.843. The molecule has 0 heterocycles. The largest absolute Gasteiger partial charge is 0.316 e. The van der Waals surface area contributed by atoms with Crippen LogP contribution in [0.4, 0.5) is 0 Å². The average Bonchev–Trinajstić information content (AvgIpc) is 2.62. The minimum atomic E-state index is 0.624. The Morgan fingerprint density at radius 2 is 1.80 bits per heavy atom. The zero-order valence-electron chi connectivity index (χ0n) is 11.1. The monoisotopic (exact) mass is 211 g/mol. The molecule has 1 aliphatic rings. The molecule has 0 spiro atoms. The predicted molar refractivity (Wildman–Crippen MR) is 68.1 cm³/mol. The van der Waals surface area contributed by atoms with Crippen LogP contribution in [-0.4, -0.2) is 13.1 Å². The first kappa shape index (κ1) is 13.0. The van der Waals surface area contributed by atoms with E-state index in [1.165, 1.54) is 44.9 Å². The third-order valence-electron chi connectivity index (χ3n) is 4.08. The highest BCUT2D eigenvalue weighted by atomic mass is 14.9. The Kier molecular flexibility index (Phi) is 5.11. The van der Waals surface area contributed by atoms with Crippen LogP contribution in [0.15, 0.2) is 0 Å². The van der Waals surface area contributed by atoms with Crippen LogP contribution in [0.3, 0.4) is 0 Å². The van der Waals surface area contributed by atoms with Crippen molar-refractivity contribution in [2.24, 2.45) is 11.3 Å². The molecule has 0 bridgehead atoms. The summed E-state index contributed by atoms with van der Waals surface area (Å²) in [5, 5.41) is 3.59. The highest BCUT2D eigenvalue weighted by Gasteiger charge is 2.40. The van der Waals surface area contributed by atoms with Crippen molar-refractivity contribution < 1.29 is 0 Å². The van der Waals surface area contributed by atoms with Crippen molar-refractivity contribution >= 4 is 0 Å². The summed E-state index contributed by atoms with van der Waals surface area (Å²) in [6.45, 7) is 7.06. The van der Waals surface area contributed by atoms with Crippen LogP contribution >= 0.6 is 0 Å². The second-order valence-electron chi connectivity index (χ2n) is 5.80. The Hall–Kier alpha value is -0.0400. The van der Waals surface area contributed by atoms with E-state index in [0.29, 0.717) is 5.41 Å². The van der Waals surface area contributed by atoms with Gasteiger partial charge in [0.2, 0.25) is 0 Å². The molecule has 1 unspecified atom stereocenters. The van der Waals surface area contributed by atoms with Gasteiger partial charge in [-0.25, -0.2) is 0 Å². The standard InChI is InChI=1S/C14H29N/c1-5-8-13(15-4)14(11-12(2)3)9-6-7-10-14/h12-13,15H,5-11H2,1-4H3. The fourth-order valence-electron chi connectivity index (χ4n) is 3.63. The van der Waals surface area contributed by atoms with E-state index >= 15 is 0 Å². The molecule has 1 fully saturated rings. The van der Waals surface area contributed by atoms with Crippen molar-refractivity contribution in [3.05, 3.63) is 0 Å². The normalized spacial score (nSPS) is 22.2. The van der Waals surface area contributed by atoms with Crippen LogP contribution in [0.5, 0.6) is 0 Å². The Morgan fingerprint density at radius 3 is 2.20 bits per heavy atom. The highest BCUT2D eigenvalue weighted by Crippen LogP contribution is 2.46. The highest BCUT2D eigenvalue weighted by molar-refractivity contribution is 4.94. The summed E-state index contributed by atoms with van der Waals surface area (Å²) in [6.07, 6.45) is 9.89. The maximum Gasteiger partial charge on any atom is 0.0120 e. The van der Waals surface area contributed by atoms with Gasteiger partial charge in [-0.05, 0) is 44.1 Å². The van der Waals surface area contributed by atoms with E-state index in [1.54, 1.807) is 0 Å². The van der Waals surface area contributed by atoms with Crippen molar-refractivity contribution in [1.29, 1.82) is 0 Å². The topological polar surface area (TPSA) is 12.0 Å². The summed E-state index contributed by atoms with van der Waals surface area (Å²) in [7, 11) is 2.15. The van der Waals surface area contributed by atoms with Crippen molar-refractivity contribution in [2.45, 2.75) is 71.8 Å². The lowest BCUT2D eigenvalue weighted by Gasteiger charge is -2.39. The Bertz CT molecular complexity index is 168. The van der Waals surface area contributed by atoms with E-state index in [-0.39, 0.29) is 0 Å². The Labute approximate surface area is 96.0 Å². The molecule has 0 saturated heterocycles. The quantitative estimate of drug-likeness (QED) is 0.700. The van der Waals surface area contributed by atoms with Crippen LogP contribution in [0, 0.1) is 11.3 Å². The van der Waals surface area contributed by atoms with Gasteiger partial charge in [-0.1, -0.05) is 40.0 Å². The van der Waals surface area contributed by atoms with Crippen molar-refractivity contribution in [3.8, 4) is 0 Å². The fourth-order valence-corrected chi connectivity index (χ4v) is 3.63. The van der Waals surface area contributed by atoms with E-state index in [2.05, 4.69) is 33.1 Å². The second kappa shape index (κ2) is 5.89. The van der Waals surface area contributed by atoms with Crippen molar-refractivity contribution in [2.75, 3.05) is 7.05 Å². The van der Waals surface area contributed by atoms with Gasteiger partial charge in [0.1, 0.15) is 0 Å². The maximum atomic E-state index is 3.59. The van der Waals surface area contributed by atoms with Gasteiger partial charge in [0.15, 0.2) is 0 Å². The first-order valence-corrected chi connectivity index (χ1v) is 6.82. The van der Waals surface area contributed by atoms with Crippen LogP contribution in [-0.2, 0) is 0 Å². The molecule has 1 rings (SSSR count). The third kappa shape index (κ3) is 3.21. The molecule has 0 aromatic heterocycles. The molecule has 0 aromatic carbocycles. The van der Waals surface area contributed by atoms with E-state index < -0.39 is 0 Å². The maximum absolute atomic E-state index is 3.59. The van der Waals surface area contributed by atoms with Gasteiger partial charge in [0.05, 0.1) is 0 Å². The number of nitrogens with one attached hydrogen (secondary N) is 1. The predicted octanol–water partition coefficient (Wildman–Crippen LogP) is 3.98. The summed E-state index contributed by atoms with van der Waals surface area (Å²) in [6, 6.07) is 0.757. The fraction of sp³-hybridized carbons (Fsp3) is 1.00. The number of hydrogen-bond donors (Lipinski definition) is 1. The molecule has 15 heavy (non-hydrogen) atoms. The van der Waals surface area contributed by atoms with Crippen molar-refractivity contribution in [1.82, 2.24) is 5.32 Å². The molecular formula is C14H29N. The molecule has 0 radical (unpaired) electrons. The van der Waals surface area contributed by atoms with Crippen LogP contribution < -0.4 is 5.32 Å². The van der Waals surface area contributed by atoms with Gasteiger partial charge < -0.3 is 5.32 Å². The lowest BCUT2D eigenvalue weighted by atomic mass is 9.71. The van der Waals surface area contributed by atoms with Crippen LogP contribution in [0.1, 0.15) is 65.7 Å². The molecule has 1 N–H and O–H groups in total. The zero-order valence-corrected chi connectivity index (χ0v) is 11.1. The molecule has 1 aliphatic carbocycles. The Morgan fingerprint density at radius 1 is 1.20 bits per heavy atom. The average molecular weight is 211 g/mol. The molecule has 1 saturated carbocycles. The molecule has 1 heteroatoms. The van der Waals surface area contributed by atoms with E-state index in [1.807, 2.05) is 0 Å². The van der Waals surface area contributed by atoms with Gasteiger partial charge in [-0.3, -0.25) is 0 Å². The summed E-state index contributed by atoms with van der Waals surface area (Å²) in [5.41, 5.74) is 0.624. The molecule has 0 aromatic rings. The molecule has 1 nitrogen and oxygen atoms in total. The van der Waals surface area contributed by atoms with E-state index in [4.69, 9.17) is 0 Å². The van der Waals surface area contributed by atoms with Gasteiger partial charge in [-0.2, -0.15) is 0 Å². The lowest BCUT2D eigenvalue weighted by Crippen LogP contribution is -2.42. The van der Waals surface area contributed by atoms with Gasteiger partial charge >= 0.3 is 0 Å².